The first kappa shape index (κ1) is 13.3. The Balaban J connectivity index is 2.19. The SMILES string of the molecule is Nc1c(-c2ccccc2OC(F)F)nc2ccc(F)cn12. The second-order valence-electron chi connectivity index (χ2n) is 4.30. The van der Waals surface area contributed by atoms with Crippen molar-refractivity contribution in [1.29, 1.82) is 0 Å². The summed E-state index contributed by atoms with van der Waals surface area (Å²) in [6.45, 7) is -2.96. The number of imidazole rings is 1. The number of benzene rings is 1. The summed E-state index contributed by atoms with van der Waals surface area (Å²) in [7, 11) is 0. The minimum absolute atomic E-state index is 0.0388. The van der Waals surface area contributed by atoms with E-state index in [1.807, 2.05) is 0 Å². The van der Waals surface area contributed by atoms with E-state index >= 15 is 0 Å². The van der Waals surface area contributed by atoms with E-state index < -0.39 is 12.4 Å². The lowest BCUT2D eigenvalue weighted by molar-refractivity contribution is -0.0494. The van der Waals surface area contributed by atoms with E-state index in [1.165, 1.54) is 28.8 Å². The van der Waals surface area contributed by atoms with Crippen molar-refractivity contribution in [2.24, 2.45) is 0 Å². The Hall–Kier alpha value is -2.70. The molecular formula is C14H10F3N3O. The van der Waals surface area contributed by atoms with Crippen LogP contribution in [0, 0.1) is 5.82 Å². The van der Waals surface area contributed by atoms with Gasteiger partial charge in [0.15, 0.2) is 0 Å². The number of anilines is 1. The molecule has 108 valence electrons. The maximum atomic E-state index is 13.3. The van der Waals surface area contributed by atoms with Gasteiger partial charge in [-0.05, 0) is 24.3 Å². The largest absolute Gasteiger partial charge is 0.434 e. The maximum Gasteiger partial charge on any atom is 0.387 e. The third kappa shape index (κ3) is 2.37. The van der Waals surface area contributed by atoms with Crippen molar-refractivity contribution in [3.8, 4) is 17.0 Å². The zero-order chi connectivity index (χ0) is 15.0. The molecule has 0 aliphatic heterocycles. The van der Waals surface area contributed by atoms with Crippen molar-refractivity contribution in [3.05, 3.63) is 48.4 Å². The summed E-state index contributed by atoms with van der Waals surface area (Å²) < 4.78 is 44.0. The predicted molar refractivity (Wildman–Crippen MR) is 71.6 cm³/mol. The normalized spacial score (nSPS) is 11.2. The number of nitrogen functional groups attached to an aromatic ring is 1. The Morgan fingerprint density at radius 2 is 1.90 bits per heavy atom. The van der Waals surface area contributed by atoms with Crippen LogP contribution >= 0.6 is 0 Å². The van der Waals surface area contributed by atoms with E-state index in [1.54, 1.807) is 18.2 Å². The van der Waals surface area contributed by atoms with Gasteiger partial charge in [-0.3, -0.25) is 4.40 Å². The first-order valence-corrected chi connectivity index (χ1v) is 6.03. The highest BCUT2D eigenvalue weighted by Gasteiger charge is 2.17. The molecule has 2 N–H and O–H groups in total. The molecule has 0 spiro atoms. The van der Waals surface area contributed by atoms with Crippen molar-refractivity contribution in [3.63, 3.8) is 0 Å². The minimum Gasteiger partial charge on any atom is -0.434 e. The molecule has 0 unspecified atom stereocenters. The summed E-state index contributed by atoms with van der Waals surface area (Å²) in [5.41, 5.74) is 6.92. The Labute approximate surface area is 117 Å². The standard InChI is InChI=1S/C14H10F3N3O/c15-8-5-6-11-19-12(13(18)20(11)7-8)9-3-1-2-4-10(9)21-14(16)17/h1-7,14H,18H2. The van der Waals surface area contributed by atoms with E-state index in [2.05, 4.69) is 9.72 Å². The Kier molecular flexibility index (Phi) is 3.17. The van der Waals surface area contributed by atoms with Gasteiger partial charge in [-0.1, -0.05) is 12.1 Å². The first-order valence-electron chi connectivity index (χ1n) is 6.03. The number of hydrogen-bond donors (Lipinski definition) is 1. The van der Waals surface area contributed by atoms with Gasteiger partial charge in [-0.25, -0.2) is 9.37 Å². The van der Waals surface area contributed by atoms with Gasteiger partial charge >= 0.3 is 6.61 Å². The van der Waals surface area contributed by atoms with E-state index in [0.29, 0.717) is 11.2 Å². The zero-order valence-corrected chi connectivity index (χ0v) is 10.6. The van der Waals surface area contributed by atoms with Gasteiger partial charge in [0.2, 0.25) is 0 Å². The number of nitrogens with zero attached hydrogens (tertiary/aromatic N) is 2. The average molecular weight is 293 g/mol. The van der Waals surface area contributed by atoms with Crippen LogP contribution in [0.5, 0.6) is 5.75 Å². The summed E-state index contributed by atoms with van der Waals surface area (Å²) in [4.78, 5) is 4.24. The third-order valence-corrected chi connectivity index (χ3v) is 2.98. The van der Waals surface area contributed by atoms with Crippen LogP contribution < -0.4 is 10.5 Å². The fourth-order valence-corrected chi connectivity index (χ4v) is 2.10. The van der Waals surface area contributed by atoms with Crippen molar-refractivity contribution in [1.82, 2.24) is 9.38 Å². The van der Waals surface area contributed by atoms with Crippen LogP contribution in [0.4, 0.5) is 19.0 Å². The van der Waals surface area contributed by atoms with E-state index in [4.69, 9.17) is 5.73 Å². The van der Waals surface area contributed by atoms with Gasteiger partial charge < -0.3 is 10.5 Å². The molecule has 0 radical (unpaired) electrons. The summed E-state index contributed by atoms with van der Waals surface area (Å²) in [5, 5.41) is 0. The number of halogens is 3. The van der Waals surface area contributed by atoms with Crippen molar-refractivity contribution >= 4 is 11.5 Å². The molecule has 0 atom stereocenters. The van der Waals surface area contributed by atoms with Crippen LogP contribution in [0.1, 0.15) is 0 Å². The number of rotatable bonds is 3. The Morgan fingerprint density at radius 1 is 1.14 bits per heavy atom. The molecule has 21 heavy (non-hydrogen) atoms. The van der Waals surface area contributed by atoms with Gasteiger partial charge in [0.1, 0.15) is 28.7 Å². The van der Waals surface area contributed by atoms with Crippen LogP contribution in [-0.4, -0.2) is 16.0 Å². The Morgan fingerprint density at radius 3 is 2.67 bits per heavy atom. The fourth-order valence-electron chi connectivity index (χ4n) is 2.10. The number of fused-ring (bicyclic) bond motifs is 1. The third-order valence-electron chi connectivity index (χ3n) is 2.98. The molecule has 7 heteroatoms. The van der Waals surface area contributed by atoms with Gasteiger partial charge in [0, 0.05) is 11.8 Å². The topological polar surface area (TPSA) is 52.5 Å². The van der Waals surface area contributed by atoms with E-state index in [9.17, 15) is 13.2 Å². The van der Waals surface area contributed by atoms with Crippen molar-refractivity contribution in [2.75, 3.05) is 5.73 Å². The fraction of sp³-hybridized carbons (Fsp3) is 0.0714. The molecule has 1 aromatic carbocycles. The number of para-hydroxylation sites is 1. The van der Waals surface area contributed by atoms with Crippen LogP contribution in [0.2, 0.25) is 0 Å². The summed E-state index contributed by atoms with van der Waals surface area (Å²) in [6.07, 6.45) is 1.18. The molecule has 0 amide bonds. The number of alkyl halides is 2. The van der Waals surface area contributed by atoms with Crippen LogP contribution in [0.3, 0.4) is 0 Å². The molecule has 0 fully saturated rings. The smallest absolute Gasteiger partial charge is 0.387 e. The van der Waals surface area contributed by atoms with Gasteiger partial charge in [0.05, 0.1) is 0 Å². The minimum atomic E-state index is -2.96. The molecule has 3 aromatic rings. The average Bonchev–Trinajstić information content (AvgIpc) is 2.76. The number of hydrogen-bond acceptors (Lipinski definition) is 3. The monoisotopic (exact) mass is 293 g/mol. The molecule has 0 saturated heterocycles. The quantitative estimate of drug-likeness (QED) is 0.806. The molecule has 3 rings (SSSR count). The highest BCUT2D eigenvalue weighted by atomic mass is 19.3. The van der Waals surface area contributed by atoms with Crippen LogP contribution in [-0.2, 0) is 0 Å². The number of aromatic nitrogens is 2. The number of ether oxygens (including phenoxy) is 1. The highest BCUT2D eigenvalue weighted by molar-refractivity contribution is 5.78. The van der Waals surface area contributed by atoms with Crippen LogP contribution in [0.15, 0.2) is 42.6 Å². The summed E-state index contributed by atoms with van der Waals surface area (Å²) in [5.74, 6) is -0.367. The molecule has 0 aliphatic rings. The lowest BCUT2D eigenvalue weighted by Crippen LogP contribution is -2.03. The molecule has 2 aromatic heterocycles. The number of nitrogens with two attached hydrogens (primary N) is 1. The van der Waals surface area contributed by atoms with Gasteiger partial charge in [0.25, 0.3) is 0 Å². The molecular weight excluding hydrogens is 283 g/mol. The lowest BCUT2D eigenvalue weighted by Gasteiger charge is -2.09. The van der Waals surface area contributed by atoms with Crippen molar-refractivity contribution < 1.29 is 17.9 Å². The Bertz CT molecular complexity index is 801. The second kappa shape index (κ2) is 5.01. The lowest BCUT2D eigenvalue weighted by atomic mass is 10.1. The molecule has 0 saturated carbocycles. The summed E-state index contributed by atoms with van der Waals surface area (Å²) in [6, 6.07) is 8.86. The molecule has 4 nitrogen and oxygen atoms in total. The number of pyridine rings is 1. The van der Waals surface area contributed by atoms with Crippen molar-refractivity contribution in [2.45, 2.75) is 6.61 Å². The highest BCUT2D eigenvalue weighted by Crippen LogP contribution is 2.34. The van der Waals surface area contributed by atoms with E-state index in [0.717, 1.165) is 0 Å². The van der Waals surface area contributed by atoms with Gasteiger partial charge in [-0.15, -0.1) is 0 Å². The van der Waals surface area contributed by atoms with Crippen LogP contribution in [0.25, 0.3) is 16.9 Å². The maximum absolute atomic E-state index is 13.3. The summed E-state index contributed by atoms with van der Waals surface area (Å²) >= 11 is 0. The first-order chi connectivity index (χ1) is 10.1. The molecule has 0 bridgehead atoms. The van der Waals surface area contributed by atoms with Gasteiger partial charge in [-0.2, -0.15) is 8.78 Å². The van der Waals surface area contributed by atoms with E-state index in [-0.39, 0.29) is 17.3 Å². The zero-order valence-electron chi connectivity index (χ0n) is 10.6. The molecule has 2 heterocycles. The second-order valence-corrected chi connectivity index (χ2v) is 4.30. The predicted octanol–water partition coefficient (Wildman–Crippen LogP) is 3.32. The molecule has 0 aliphatic carbocycles.